The van der Waals surface area contributed by atoms with Gasteiger partial charge in [-0.15, -0.1) is 22.7 Å². The molecular weight excluding hydrogens is 448 g/mol. The van der Waals surface area contributed by atoms with Gasteiger partial charge in [-0.25, -0.2) is 9.97 Å². The van der Waals surface area contributed by atoms with Crippen LogP contribution in [0.25, 0.3) is 21.5 Å². The van der Waals surface area contributed by atoms with Gasteiger partial charge < -0.3 is 5.32 Å². The maximum absolute atomic E-state index is 13.0. The normalized spacial score (nSPS) is 14.0. The Morgan fingerprint density at radius 2 is 2.03 bits per heavy atom. The summed E-state index contributed by atoms with van der Waals surface area (Å²) in [6.45, 7) is 1.82. The Balaban J connectivity index is 1.33. The van der Waals surface area contributed by atoms with Gasteiger partial charge in [-0.2, -0.15) is 0 Å². The highest BCUT2D eigenvalue weighted by Gasteiger charge is 2.24. The Kier molecular flexibility index (Phi) is 5.41. The van der Waals surface area contributed by atoms with E-state index in [1.165, 1.54) is 33.5 Å². The van der Waals surface area contributed by atoms with Crippen molar-refractivity contribution in [1.29, 1.82) is 0 Å². The third-order valence-electron chi connectivity index (χ3n) is 5.36. The van der Waals surface area contributed by atoms with E-state index in [0.29, 0.717) is 10.3 Å². The Morgan fingerprint density at radius 3 is 2.84 bits per heavy atom. The number of aryl methyl sites for hydroxylation is 2. The predicted molar refractivity (Wildman–Crippen MR) is 128 cm³/mol. The molecule has 1 aromatic carbocycles. The average molecular weight is 469 g/mol. The summed E-state index contributed by atoms with van der Waals surface area (Å²) in [4.78, 5) is 37.0. The van der Waals surface area contributed by atoms with Crippen LogP contribution in [0.3, 0.4) is 0 Å². The maximum atomic E-state index is 13.0. The number of hydrogen-bond acceptors (Lipinski definition) is 7. The van der Waals surface area contributed by atoms with Crippen LogP contribution < -0.4 is 10.9 Å². The first kappa shape index (κ1) is 20.4. The summed E-state index contributed by atoms with van der Waals surface area (Å²) in [6, 6.07) is 9.86. The van der Waals surface area contributed by atoms with Crippen LogP contribution >= 0.6 is 34.4 Å². The number of aromatic nitrogens is 3. The lowest BCUT2D eigenvalue weighted by molar-refractivity contribution is -0.115. The Morgan fingerprint density at radius 1 is 1.23 bits per heavy atom. The number of thioether (sulfide) groups is 1. The fourth-order valence-corrected chi connectivity index (χ4v) is 6.60. The first-order valence-electron chi connectivity index (χ1n) is 10.0. The highest BCUT2D eigenvalue weighted by molar-refractivity contribution is 8.00. The fraction of sp³-hybridized carbons (Fsp3) is 0.273. The molecule has 1 N–H and O–H groups in total. The van der Waals surface area contributed by atoms with Gasteiger partial charge in [0.2, 0.25) is 5.91 Å². The summed E-state index contributed by atoms with van der Waals surface area (Å²) >= 11 is 4.30. The molecule has 9 heteroatoms. The number of nitrogens with one attached hydrogen (secondary N) is 1. The molecule has 0 fully saturated rings. The van der Waals surface area contributed by atoms with Crippen molar-refractivity contribution in [3.8, 4) is 11.3 Å². The molecule has 0 bridgehead atoms. The molecule has 0 aliphatic heterocycles. The molecule has 1 unspecified atom stereocenters. The van der Waals surface area contributed by atoms with Crippen LogP contribution in [0.4, 0.5) is 5.13 Å². The highest BCUT2D eigenvalue weighted by Crippen LogP contribution is 2.36. The SMILES string of the molecule is CC(Sc1nc2sc3c(c2c(=O)n1C)CCC3)C(=O)Nc1nc(-c2ccccc2)cs1. The van der Waals surface area contributed by atoms with Crippen LogP contribution in [0.2, 0.25) is 0 Å². The van der Waals surface area contributed by atoms with Crippen LogP contribution in [-0.2, 0) is 24.7 Å². The Labute approximate surface area is 191 Å². The Bertz CT molecular complexity index is 1340. The van der Waals surface area contributed by atoms with E-state index in [1.54, 1.807) is 23.0 Å². The lowest BCUT2D eigenvalue weighted by Gasteiger charge is -2.12. The summed E-state index contributed by atoms with van der Waals surface area (Å²) in [6.07, 6.45) is 3.09. The van der Waals surface area contributed by atoms with E-state index >= 15 is 0 Å². The van der Waals surface area contributed by atoms with Gasteiger partial charge >= 0.3 is 0 Å². The van der Waals surface area contributed by atoms with Gasteiger partial charge in [0.15, 0.2) is 10.3 Å². The van der Waals surface area contributed by atoms with Gasteiger partial charge in [0, 0.05) is 22.9 Å². The van der Waals surface area contributed by atoms with Crippen LogP contribution in [0.15, 0.2) is 45.7 Å². The van der Waals surface area contributed by atoms with E-state index in [0.717, 1.165) is 40.7 Å². The van der Waals surface area contributed by atoms with Crippen LogP contribution in [0, 0.1) is 0 Å². The number of thiophene rings is 1. The number of benzene rings is 1. The van der Waals surface area contributed by atoms with E-state index in [-0.39, 0.29) is 11.5 Å². The molecule has 1 aliphatic rings. The van der Waals surface area contributed by atoms with Gasteiger partial charge in [0.25, 0.3) is 5.56 Å². The van der Waals surface area contributed by atoms with Crippen molar-refractivity contribution >= 4 is 55.7 Å². The molecular formula is C22H20N4O2S3. The number of hydrogen-bond donors (Lipinski definition) is 1. The number of amides is 1. The topological polar surface area (TPSA) is 76.9 Å². The summed E-state index contributed by atoms with van der Waals surface area (Å²) in [5.41, 5.74) is 3.00. The van der Waals surface area contributed by atoms with Crippen molar-refractivity contribution in [2.45, 2.75) is 36.6 Å². The highest BCUT2D eigenvalue weighted by atomic mass is 32.2. The van der Waals surface area contributed by atoms with E-state index in [4.69, 9.17) is 4.98 Å². The monoisotopic (exact) mass is 468 g/mol. The van der Waals surface area contributed by atoms with Gasteiger partial charge in [-0.05, 0) is 31.7 Å². The number of carbonyl (C=O) groups excluding carboxylic acids is 1. The first-order valence-corrected chi connectivity index (χ1v) is 12.6. The summed E-state index contributed by atoms with van der Waals surface area (Å²) < 4.78 is 1.57. The molecule has 31 heavy (non-hydrogen) atoms. The number of thiazole rings is 1. The largest absolute Gasteiger partial charge is 0.301 e. The number of fused-ring (bicyclic) bond motifs is 3. The standard InChI is InChI=1S/C22H20N4O2S3/c1-12(18(27)24-21-23-15(11-29-21)13-7-4-3-5-8-13)30-22-25-19-17(20(28)26(22)2)14-9-6-10-16(14)31-19/h3-5,7-8,11-12H,6,9-10H2,1-2H3,(H,23,24,27). The molecule has 3 heterocycles. The van der Waals surface area contributed by atoms with Crippen molar-refractivity contribution in [3.63, 3.8) is 0 Å². The number of carbonyl (C=O) groups is 1. The molecule has 1 atom stereocenters. The quantitative estimate of drug-likeness (QED) is 0.339. The second-order valence-corrected chi connectivity index (χ2v) is 10.7. The fourth-order valence-electron chi connectivity index (χ4n) is 3.70. The van der Waals surface area contributed by atoms with Crippen LogP contribution in [0.5, 0.6) is 0 Å². The lowest BCUT2D eigenvalue weighted by atomic mass is 10.2. The lowest BCUT2D eigenvalue weighted by Crippen LogP contribution is -2.25. The molecule has 4 aromatic rings. The minimum atomic E-state index is -0.425. The van der Waals surface area contributed by atoms with Crippen molar-refractivity contribution < 1.29 is 4.79 Å². The smallest absolute Gasteiger partial charge is 0.262 e. The van der Waals surface area contributed by atoms with Crippen LogP contribution in [-0.4, -0.2) is 25.7 Å². The first-order chi connectivity index (χ1) is 15.0. The molecule has 0 radical (unpaired) electrons. The molecule has 3 aromatic heterocycles. The zero-order valence-electron chi connectivity index (χ0n) is 17.0. The second kappa shape index (κ2) is 8.22. The molecule has 5 rings (SSSR count). The molecule has 0 saturated carbocycles. The Hall–Kier alpha value is -2.49. The molecule has 158 valence electrons. The molecule has 6 nitrogen and oxygen atoms in total. The minimum absolute atomic E-state index is 0.0214. The third-order valence-corrected chi connectivity index (χ3v) is 8.45. The molecule has 1 aliphatic carbocycles. The minimum Gasteiger partial charge on any atom is -0.301 e. The average Bonchev–Trinajstić information content (AvgIpc) is 3.48. The zero-order chi connectivity index (χ0) is 21.5. The molecule has 1 amide bonds. The predicted octanol–water partition coefficient (Wildman–Crippen LogP) is 4.73. The van der Waals surface area contributed by atoms with Crippen molar-refractivity contribution in [2.24, 2.45) is 7.05 Å². The van der Waals surface area contributed by atoms with E-state index in [9.17, 15) is 9.59 Å². The van der Waals surface area contributed by atoms with Crippen molar-refractivity contribution in [1.82, 2.24) is 14.5 Å². The van der Waals surface area contributed by atoms with Crippen molar-refractivity contribution in [2.75, 3.05) is 5.32 Å². The van der Waals surface area contributed by atoms with E-state index < -0.39 is 5.25 Å². The number of rotatable bonds is 5. The molecule has 0 saturated heterocycles. The van der Waals surface area contributed by atoms with Crippen molar-refractivity contribution in [3.05, 3.63) is 56.5 Å². The summed E-state index contributed by atoms with van der Waals surface area (Å²) in [5.74, 6) is -0.165. The summed E-state index contributed by atoms with van der Waals surface area (Å²) in [5, 5.41) is 6.27. The third kappa shape index (κ3) is 3.81. The maximum Gasteiger partial charge on any atom is 0.262 e. The van der Waals surface area contributed by atoms with Gasteiger partial charge in [0.05, 0.1) is 16.3 Å². The van der Waals surface area contributed by atoms with Gasteiger partial charge in [-0.1, -0.05) is 42.1 Å². The number of nitrogens with zero attached hydrogens (tertiary/aromatic N) is 3. The second-order valence-electron chi connectivity index (χ2n) is 7.45. The van der Waals surface area contributed by atoms with Gasteiger partial charge in [0.1, 0.15) is 4.83 Å². The van der Waals surface area contributed by atoms with E-state index in [1.807, 2.05) is 42.6 Å². The number of anilines is 1. The van der Waals surface area contributed by atoms with Crippen LogP contribution in [0.1, 0.15) is 23.8 Å². The summed E-state index contributed by atoms with van der Waals surface area (Å²) in [7, 11) is 1.73. The zero-order valence-corrected chi connectivity index (χ0v) is 19.5. The van der Waals surface area contributed by atoms with E-state index in [2.05, 4.69) is 10.3 Å². The molecule has 0 spiro atoms. The van der Waals surface area contributed by atoms with Gasteiger partial charge in [-0.3, -0.25) is 14.2 Å².